The largest absolute Gasteiger partial charge is 0.493 e. The summed E-state index contributed by atoms with van der Waals surface area (Å²) >= 11 is 1.47. The lowest BCUT2D eigenvalue weighted by Crippen LogP contribution is -2.13. The van der Waals surface area contributed by atoms with E-state index in [4.69, 9.17) is 9.47 Å². The lowest BCUT2D eigenvalue weighted by atomic mass is 9.97. The predicted octanol–water partition coefficient (Wildman–Crippen LogP) is 4.35. The maximum Gasteiger partial charge on any atom is 0.312 e. The van der Waals surface area contributed by atoms with E-state index < -0.39 is 11.9 Å². The summed E-state index contributed by atoms with van der Waals surface area (Å²) in [5.74, 6) is 0.00266. The number of methoxy groups -OCH3 is 1. The van der Waals surface area contributed by atoms with Gasteiger partial charge in [0.2, 0.25) is 0 Å². The molecule has 4 nitrogen and oxygen atoms in total. The first kappa shape index (κ1) is 17.3. The zero-order chi connectivity index (χ0) is 16.7. The van der Waals surface area contributed by atoms with Crippen molar-refractivity contribution in [2.75, 3.05) is 13.7 Å². The fourth-order valence-electron chi connectivity index (χ4n) is 2.32. The van der Waals surface area contributed by atoms with Gasteiger partial charge in [-0.05, 0) is 42.0 Å². The molecule has 1 unspecified atom stereocenters. The third kappa shape index (κ3) is 4.73. The number of hydrogen-bond donors (Lipinski definition) is 1. The van der Waals surface area contributed by atoms with Crippen LogP contribution in [0.25, 0.3) is 0 Å². The van der Waals surface area contributed by atoms with Crippen molar-refractivity contribution in [3.63, 3.8) is 0 Å². The first-order valence-corrected chi connectivity index (χ1v) is 8.59. The van der Waals surface area contributed by atoms with Crippen LogP contribution in [0.5, 0.6) is 11.5 Å². The number of ether oxygens (including phenoxy) is 2. The van der Waals surface area contributed by atoms with Gasteiger partial charge in [0.05, 0.1) is 19.6 Å². The molecule has 1 aromatic heterocycles. The highest BCUT2D eigenvalue weighted by Crippen LogP contribution is 2.31. The van der Waals surface area contributed by atoms with E-state index in [0.717, 1.165) is 23.3 Å². The average molecular weight is 334 g/mol. The summed E-state index contributed by atoms with van der Waals surface area (Å²) < 4.78 is 11.1. The standard InChI is InChI=1S/C18H22O4S/c1-3-4-9-22-15-8-7-13(12-16(15)21-2)11-14(18(19)20)17-6-5-10-23-17/h5-8,10,12,14H,3-4,9,11H2,1-2H3,(H,19,20). The van der Waals surface area contributed by atoms with E-state index in [9.17, 15) is 9.90 Å². The molecule has 5 heteroatoms. The summed E-state index contributed by atoms with van der Waals surface area (Å²) in [6.07, 6.45) is 2.49. The SMILES string of the molecule is CCCCOc1ccc(CC(C(=O)O)c2cccs2)cc1OC. The summed E-state index contributed by atoms with van der Waals surface area (Å²) in [5.41, 5.74) is 0.922. The summed E-state index contributed by atoms with van der Waals surface area (Å²) in [4.78, 5) is 12.4. The van der Waals surface area contributed by atoms with Gasteiger partial charge in [0, 0.05) is 4.88 Å². The van der Waals surface area contributed by atoms with Crippen LogP contribution in [0.1, 0.15) is 36.1 Å². The van der Waals surface area contributed by atoms with Gasteiger partial charge in [-0.15, -0.1) is 11.3 Å². The summed E-state index contributed by atoms with van der Waals surface area (Å²) in [7, 11) is 1.60. The van der Waals surface area contributed by atoms with Crippen molar-refractivity contribution < 1.29 is 19.4 Å². The molecular weight excluding hydrogens is 312 g/mol. The zero-order valence-electron chi connectivity index (χ0n) is 13.5. The van der Waals surface area contributed by atoms with Gasteiger partial charge >= 0.3 is 5.97 Å². The second-order valence-corrected chi connectivity index (χ2v) is 6.28. The van der Waals surface area contributed by atoms with Gasteiger partial charge in [0.25, 0.3) is 0 Å². The van der Waals surface area contributed by atoms with Crippen molar-refractivity contribution in [2.45, 2.75) is 32.1 Å². The molecule has 0 aliphatic heterocycles. The van der Waals surface area contributed by atoms with Gasteiger partial charge in [-0.3, -0.25) is 4.79 Å². The molecule has 0 bridgehead atoms. The molecule has 0 radical (unpaired) electrons. The minimum absolute atomic E-state index is 0.432. The molecule has 124 valence electrons. The second kappa shape index (κ2) is 8.58. The Kier molecular flexibility index (Phi) is 6.47. The van der Waals surface area contributed by atoms with Gasteiger partial charge in [-0.25, -0.2) is 0 Å². The zero-order valence-corrected chi connectivity index (χ0v) is 14.3. The molecule has 23 heavy (non-hydrogen) atoms. The smallest absolute Gasteiger partial charge is 0.312 e. The fourth-order valence-corrected chi connectivity index (χ4v) is 3.14. The van der Waals surface area contributed by atoms with Gasteiger partial charge in [0.1, 0.15) is 0 Å². The van der Waals surface area contributed by atoms with Crippen LogP contribution in [-0.4, -0.2) is 24.8 Å². The van der Waals surface area contributed by atoms with Crippen molar-refractivity contribution in [1.29, 1.82) is 0 Å². The van der Waals surface area contributed by atoms with E-state index in [-0.39, 0.29) is 0 Å². The predicted molar refractivity (Wildman–Crippen MR) is 91.8 cm³/mol. The number of carboxylic acid groups (broad SMARTS) is 1. The van der Waals surface area contributed by atoms with Gasteiger partial charge < -0.3 is 14.6 Å². The van der Waals surface area contributed by atoms with Crippen LogP contribution in [-0.2, 0) is 11.2 Å². The van der Waals surface area contributed by atoms with E-state index in [2.05, 4.69) is 6.92 Å². The Balaban J connectivity index is 2.14. The Bertz CT molecular complexity index is 622. The highest BCUT2D eigenvalue weighted by atomic mass is 32.1. The third-order valence-electron chi connectivity index (χ3n) is 3.61. The molecule has 1 atom stereocenters. The van der Waals surface area contributed by atoms with Crippen molar-refractivity contribution in [3.05, 3.63) is 46.2 Å². The van der Waals surface area contributed by atoms with Crippen molar-refractivity contribution in [2.24, 2.45) is 0 Å². The topological polar surface area (TPSA) is 55.8 Å². The molecule has 0 fully saturated rings. The molecule has 0 aliphatic rings. The summed E-state index contributed by atoms with van der Waals surface area (Å²) in [5, 5.41) is 11.4. The number of thiophene rings is 1. The molecular formula is C18H22O4S. The number of carbonyl (C=O) groups is 1. The Hall–Kier alpha value is -2.01. The van der Waals surface area contributed by atoms with E-state index >= 15 is 0 Å². The van der Waals surface area contributed by atoms with Crippen LogP contribution >= 0.6 is 11.3 Å². The quantitative estimate of drug-likeness (QED) is 0.693. The summed E-state index contributed by atoms with van der Waals surface area (Å²) in [6, 6.07) is 9.37. The Morgan fingerprint density at radius 2 is 2.13 bits per heavy atom. The Morgan fingerprint density at radius 3 is 2.74 bits per heavy atom. The van der Waals surface area contributed by atoms with Crippen molar-refractivity contribution >= 4 is 17.3 Å². The average Bonchev–Trinajstić information content (AvgIpc) is 3.07. The lowest BCUT2D eigenvalue weighted by Gasteiger charge is -2.14. The number of hydrogen-bond acceptors (Lipinski definition) is 4. The maximum atomic E-state index is 11.5. The van der Waals surface area contributed by atoms with E-state index in [1.54, 1.807) is 7.11 Å². The number of unbranched alkanes of at least 4 members (excludes halogenated alkanes) is 1. The number of carboxylic acids is 1. The molecule has 2 rings (SSSR count). The van der Waals surface area contributed by atoms with E-state index in [0.29, 0.717) is 24.5 Å². The molecule has 0 aliphatic carbocycles. The minimum Gasteiger partial charge on any atom is -0.493 e. The maximum absolute atomic E-state index is 11.5. The molecule has 0 amide bonds. The molecule has 1 N–H and O–H groups in total. The van der Waals surface area contributed by atoms with Gasteiger partial charge in [-0.1, -0.05) is 25.5 Å². The van der Waals surface area contributed by atoms with Gasteiger partial charge in [0.15, 0.2) is 11.5 Å². The highest BCUT2D eigenvalue weighted by molar-refractivity contribution is 7.10. The highest BCUT2D eigenvalue weighted by Gasteiger charge is 2.22. The first-order valence-electron chi connectivity index (χ1n) is 7.71. The molecule has 1 heterocycles. The van der Waals surface area contributed by atoms with Crippen LogP contribution in [0.2, 0.25) is 0 Å². The molecule has 0 spiro atoms. The van der Waals surface area contributed by atoms with Gasteiger partial charge in [-0.2, -0.15) is 0 Å². The normalized spacial score (nSPS) is 11.9. The van der Waals surface area contributed by atoms with Crippen molar-refractivity contribution in [3.8, 4) is 11.5 Å². The van der Waals surface area contributed by atoms with Crippen LogP contribution < -0.4 is 9.47 Å². The second-order valence-electron chi connectivity index (χ2n) is 5.30. The number of rotatable bonds is 9. The lowest BCUT2D eigenvalue weighted by molar-refractivity contribution is -0.138. The fraction of sp³-hybridized carbons (Fsp3) is 0.389. The molecule has 0 saturated heterocycles. The van der Waals surface area contributed by atoms with E-state index in [1.165, 1.54) is 11.3 Å². The Labute approximate surface area is 140 Å². The number of aliphatic carboxylic acids is 1. The monoisotopic (exact) mass is 334 g/mol. The third-order valence-corrected chi connectivity index (χ3v) is 4.59. The van der Waals surface area contributed by atoms with Crippen LogP contribution in [0.3, 0.4) is 0 Å². The molecule has 2 aromatic rings. The van der Waals surface area contributed by atoms with Crippen LogP contribution in [0, 0.1) is 0 Å². The number of benzene rings is 1. The molecule has 1 aromatic carbocycles. The summed E-state index contributed by atoms with van der Waals surface area (Å²) in [6.45, 7) is 2.76. The Morgan fingerprint density at radius 1 is 1.30 bits per heavy atom. The van der Waals surface area contributed by atoms with E-state index in [1.807, 2.05) is 35.7 Å². The van der Waals surface area contributed by atoms with Crippen molar-refractivity contribution in [1.82, 2.24) is 0 Å². The minimum atomic E-state index is -0.810. The van der Waals surface area contributed by atoms with Crippen LogP contribution in [0.4, 0.5) is 0 Å². The van der Waals surface area contributed by atoms with Crippen LogP contribution in [0.15, 0.2) is 35.7 Å². The molecule has 0 saturated carbocycles. The first-order chi connectivity index (χ1) is 11.2.